The number of nitrogens with zero attached hydrogens (tertiary/aromatic N) is 7. The minimum absolute atomic E-state index is 0.250. The van der Waals surface area contributed by atoms with Crippen LogP contribution in [0.1, 0.15) is 18.9 Å². The molecule has 0 aliphatic carbocycles. The Morgan fingerprint density at radius 2 is 1.76 bits per heavy atom. The summed E-state index contributed by atoms with van der Waals surface area (Å²) in [6.45, 7) is 4.76. The van der Waals surface area contributed by atoms with Crippen molar-refractivity contribution < 1.29 is 9.53 Å². The molecular formula is C27H31N9O2. The van der Waals surface area contributed by atoms with Crippen LogP contribution >= 0.6 is 0 Å². The average Bonchev–Trinajstić information content (AvgIpc) is 3.42. The number of fused-ring (bicyclic) bond motifs is 1. The molecule has 11 heteroatoms. The first-order valence-corrected chi connectivity index (χ1v) is 13.0. The van der Waals surface area contributed by atoms with Crippen LogP contribution in [0.25, 0.3) is 22.4 Å². The topological polar surface area (TPSA) is 113 Å². The van der Waals surface area contributed by atoms with Crippen molar-refractivity contribution in [2.24, 2.45) is 0 Å². The van der Waals surface area contributed by atoms with Crippen LogP contribution in [0.4, 0.5) is 22.0 Å². The Bertz CT molecular complexity index is 1390. The molecule has 0 unspecified atom stereocenters. The van der Waals surface area contributed by atoms with Crippen molar-refractivity contribution in [2.45, 2.75) is 18.9 Å². The third-order valence-corrected chi connectivity index (χ3v) is 7.19. The van der Waals surface area contributed by atoms with E-state index in [1.807, 2.05) is 42.7 Å². The maximum absolute atomic E-state index is 11.7. The second kappa shape index (κ2) is 10.6. The van der Waals surface area contributed by atoms with Crippen LogP contribution in [-0.4, -0.2) is 77.2 Å². The van der Waals surface area contributed by atoms with Gasteiger partial charge in [0, 0.05) is 50.7 Å². The Labute approximate surface area is 220 Å². The molecule has 0 bridgehead atoms. The number of rotatable bonds is 5. The molecule has 0 saturated carbocycles. The molecule has 2 fully saturated rings. The highest BCUT2D eigenvalue weighted by Gasteiger charge is 2.26. The molecule has 0 radical (unpaired) electrons. The number of hydrogen-bond donors (Lipinski definition) is 2. The normalized spacial score (nSPS) is 16.6. The van der Waals surface area contributed by atoms with Gasteiger partial charge in [-0.05, 0) is 49.2 Å². The van der Waals surface area contributed by atoms with Gasteiger partial charge in [-0.1, -0.05) is 0 Å². The fourth-order valence-electron chi connectivity index (χ4n) is 5.13. The number of morpholine rings is 1. The predicted octanol–water partition coefficient (Wildman–Crippen LogP) is 3.32. The van der Waals surface area contributed by atoms with Crippen molar-refractivity contribution in [3.63, 3.8) is 0 Å². The van der Waals surface area contributed by atoms with Gasteiger partial charge in [-0.3, -0.25) is 4.98 Å². The summed E-state index contributed by atoms with van der Waals surface area (Å²) in [5.41, 5.74) is 3.59. The second-order valence-electron chi connectivity index (χ2n) is 9.51. The second-order valence-corrected chi connectivity index (χ2v) is 9.51. The summed E-state index contributed by atoms with van der Waals surface area (Å²) in [4.78, 5) is 30.6. The van der Waals surface area contributed by atoms with Crippen LogP contribution in [0.3, 0.4) is 0 Å². The van der Waals surface area contributed by atoms with Crippen LogP contribution in [0.2, 0.25) is 0 Å². The van der Waals surface area contributed by atoms with Gasteiger partial charge in [0.15, 0.2) is 11.5 Å². The van der Waals surface area contributed by atoms with Gasteiger partial charge in [0.25, 0.3) is 0 Å². The van der Waals surface area contributed by atoms with Crippen molar-refractivity contribution in [3.05, 3.63) is 55.0 Å². The molecule has 1 aromatic carbocycles. The van der Waals surface area contributed by atoms with E-state index in [1.165, 1.54) is 0 Å². The SMILES string of the molecule is CNC(=O)Nc1ccc(-c2nc(N3CCOCC3)c3cnn(C4CCN(c5cccnc5)CC4)c3n2)cc1. The maximum atomic E-state index is 11.7. The van der Waals surface area contributed by atoms with Gasteiger partial charge in [-0.2, -0.15) is 5.10 Å². The van der Waals surface area contributed by atoms with E-state index in [-0.39, 0.29) is 12.1 Å². The molecule has 11 nitrogen and oxygen atoms in total. The smallest absolute Gasteiger partial charge is 0.318 e. The number of amides is 2. The van der Waals surface area contributed by atoms with Gasteiger partial charge in [0.05, 0.1) is 42.7 Å². The molecule has 0 spiro atoms. The minimum atomic E-state index is -0.261. The van der Waals surface area contributed by atoms with E-state index in [2.05, 4.69) is 36.2 Å². The van der Waals surface area contributed by atoms with Crippen LogP contribution in [-0.2, 0) is 4.74 Å². The van der Waals surface area contributed by atoms with E-state index in [0.29, 0.717) is 24.7 Å². The number of nitrogens with one attached hydrogen (secondary N) is 2. The van der Waals surface area contributed by atoms with Crippen LogP contribution in [0, 0.1) is 0 Å². The van der Waals surface area contributed by atoms with Crippen molar-refractivity contribution in [3.8, 4) is 11.4 Å². The molecule has 2 amide bonds. The zero-order valence-corrected chi connectivity index (χ0v) is 21.4. The molecule has 2 aliphatic heterocycles. The predicted molar refractivity (Wildman–Crippen MR) is 147 cm³/mol. The number of carbonyl (C=O) groups excluding carboxylic acids is 1. The zero-order valence-electron chi connectivity index (χ0n) is 21.4. The Morgan fingerprint density at radius 1 is 0.974 bits per heavy atom. The summed E-state index contributed by atoms with van der Waals surface area (Å²) in [6, 6.07) is 11.7. The highest BCUT2D eigenvalue weighted by atomic mass is 16.5. The zero-order chi connectivity index (χ0) is 25.9. The maximum Gasteiger partial charge on any atom is 0.318 e. The van der Waals surface area contributed by atoms with Gasteiger partial charge in [-0.25, -0.2) is 19.4 Å². The largest absolute Gasteiger partial charge is 0.378 e. The first-order valence-electron chi connectivity index (χ1n) is 13.0. The Hall–Kier alpha value is -4.25. The van der Waals surface area contributed by atoms with E-state index in [1.54, 1.807) is 13.2 Å². The monoisotopic (exact) mass is 513 g/mol. The van der Waals surface area contributed by atoms with Gasteiger partial charge >= 0.3 is 6.03 Å². The fraction of sp³-hybridized carbons (Fsp3) is 0.370. The quantitative estimate of drug-likeness (QED) is 0.418. The lowest BCUT2D eigenvalue weighted by atomic mass is 10.0. The lowest BCUT2D eigenvalue weighted by Gasteiger charge is -2.33. The first kappa shape index (κ1) is 24.1. The Morgan fingerprint density at radius 3 is 2.47 bits per heavy atom. The molecule has 38 heavy (non-hydrogen) atoms. The van der Waals surface area contributed by atoms with E-state index in [9.17, 15) is 4.79 Å². The number of carbonyl (C=O) groups is 1. The van der Waals surface area contributed by atoms with Gasteiger partial charge in [0.1, 0.15) is 5.82 Å². The Balaban J connectivity index is 1.33. The number of ether oxygens (including phenoxy) is 1. The molecule has 3 aromatic heterocycles. The number of pyridine rings is 1. The number of piperidine rings is 1. The lowest BCUT2D eigenvalue weighted by molar-refractivity contribution is 0.122. The number of hydrogen-bond acceptors (Lipinski definition) is 8. The minimum Gasteiger partial charge on any atom is -0.378 e. The highest BCUT2D eigenvalue weighted by molar-refractivity contribution is 5.90. The summed E-state index contributed by atoms with van der Waals surface area (Å²) in [7, 11) is 1.59. The van der Waals surface area contributed by atoms with E-state index >= 15 is 0 Å². The molecule has 2 saturated heterocycles. The molecular weight excluding hydrogens is 482 g/mol. The third-order valence-electron chi connectivity index (χ3n) is 7.19. The van der Waals surface area contributed by atoms with Crippen molar-refractivity contribution in [1.29, 1.82) is 0 Å². The van der Waals surface area contributed by atoms with Gasteiger partial charge in [-0.15, -0.1) is 0 Å². The summed E-state index contributed by atoms with van der Waals surface area (Å²) < 4.78 is 7.68. The molecule has 6 rings (SSSR count). The van der Waals surface area contributed by atoms with E-state index < -0.39 is 0 Å². The molecule has 4 aromatic rings. The van der Waals surface area contributed by atoms with Crippen LogP contribution < -0.4 is 20.4 Å². The summed E-state index contributed by atoms with van der Waals surface area (Å²) in [6.07, 6.45) is 7.58. The van der Waals surface area contributed by atoms with E-state index in [4.69, 9.17) is 19.8 Å². The lowest BCUT2D eigenvalue weighted by Crippen LogP contribution is -2.37. The van der Waals surface area contributed by atoms with Crippen molar-refractivity contribution in [2.75, 3.05) is 61.6 Å². The third kappa shape index (κ3) is 4.84. The van der Waals surface area contributed by atoms with Crippen molar-refractivity contribution >= 4 is 34.3 Å². The molecule has 2 aliphatic rings. The van der Waals surface area contributed by atoms with E-state index in [0.717, 1.165) is 67.1 Å². The number of benzene rings is 1. The first-order chi connectivity index (χ1) is 18.7. The fourth-order valence-corrected chi connectivity index (χ4v) is 5.13. The van der Waals surface area contributed by atoms with Crippen molar-refractivity contribution in [1.82, 2.24) is 30.0 Å². The van der Waals surface area contributed by atoms with Crippen LogP contribution in [0.5, 0.6) is 0 Å². The molecule has 2 N–H and O–H groups in total. The van der Waals surface area contributed by atoms with Gasteiger partial charge < -0.3 is 25.2 Å². The molecule has 0 atom stereocenters. The highest BCUT2D eigenvalue weighted by Crippen LogP contribution is 2.33. The Kier molecular flexibility index (Phi) is 6.74. The number of urea groups is 1. The number of anilines is 3. The molecule has 196 valence electrons. The molecule has 5 heterocycles. The number of aromatic nitrogens is 5. The summed E-state index contributed by atoms with van der Waals surface area (Å²) in [5, 5.41) is 11.2. The van der Waals surface area contributed by atoms with Gasteiger partial charge in [0.2, 0.25) is 0 Å². The van der Waals surface area contributed by atoms with Crippen LogP contribution in [0.15, 0.2) is 55.0 Å². The summed E-state index contributed by atoms with van der Waals surface area (Å²) in [5.74, 6) is 1.53. The standard InChI is InChI=1S/C27H31N9O2/c1-28-27(37)31-20-6-4-19(5-7-20)24-32-25(35-13-15-38-16-14-35)23-18-30-36(26(23)33-24)21-8-11-34(12-9-21)22-3-2-10-29-17-22/h2-7,10,17-18,21H,8-9,11-16H2,1H3,(H2,28,31,37). The average molecular weight is 514 g/mol. The summed E-state index contributed by atoms with van der Waals surface area (Å²) >= 11 is 0.